The molecule has 13 heavy (non-hydrogen) atoms. The minimum absolute atomic E-state index is 0.111. The van der Waals surface area contributed by atoms with Crippen molar-refractivity contribution in [3.8, 4) is 0 Å². The highest BCUT2D eigenvalue weighted by Gasteiger charge is 2.24. The fourth-order valence-corrected chi connectivity index (χ4v) is 2.40. The number of amides is 1. The van der Waals surface area contributed by atoms with E-state index in [-0.39, 0.29) is 5.24 Å². The van der Waals surface area contributed by atoms with Crippen LogP contribution in [0.3, 0.4) is 0 Å². The van der Waals surface area contributed by atoms with E-state index in [1.165, 1.54) is 0 Å². The molecule has 1 amide bonds. The normalized spacial score (nSPS) is 19.5. The Kier molecular flexibility index (Phi) is 2.20. The molecule has 0 atom stereocenters. The lowest BCUT2D eigenvalue weighted by atomic mass is 10.4. The molecule has 2 heterocycles. The van der Waals surface area contributed by atoms with Crippen molar-refractivity contribution in [3.05, 3.63) is 27.3 Å². The molecule has 1 aliphatic rings. The van der Waals surface area contributed by atoms with Crippen LogP contribution in [0.25, 0.3) is 6.08 Å². The van der Waals surface area contributed by atoms with Crippen molar-refractivity contribution in [1.82, 2.24) is 0 Å². The number of thiophene rings is 1. The molecule has 3 nitrogen and oxygen atoms in total. The summed E-state index contributed by atoms with van der Waals surface area (Å²) in [6, 6.07) is 3.94. The van der Waals surface area contributed by atoms with Crippen LogP contribution in [0.2, 0.25) is 0 Å². The van der Waals surface area contributed by atoms with Crippen molar-refractivity contribution in [1.29, 1.82) is 0 Å². The summed E-state index contributed by atoms with van der Waals surface area (Å²) in [5.74, 6) is 0.448. The standard InChI is InChI=1S/C8H6N2OS2/c9-7-6(13-8(11)10-7)4-5-2-1-3-12-5/h1-4H,(H2,9,10,11)/p+1/b6-4-. The fourth-order valence-electron chi connectivity index (χ4n) is 0.962. The van der Waals surface area contributed by atoms with Gasteiger partial charge in [-0.25, -0.2) is 4.79 Å². The lowest BCUT2D eigenvalue weighted by Crippen LogP contribution is -2.74. The summed E-state index contributed by atoms with van der Waals surface area (Å²) in [5, 5.41) is 1.87. The van der Waals surface area contributed by atoms with Gasteiger partial charge in [0.15, 0.2) is 0 Å². The third kappa shape index (κ3) is 1.81. The molecule has 0 radical (unpaired) electrons. The van der Waals surface area contributed by atoms with Gasteiger partial charge in [-0.05, 0) is 17.5 Å². The molecule has 1 aliphatic heterocycles. The third-order valence-corrected chi connectivity index (χ3v) is 3.19. The Labute approximate surface area is 83.4 Å². The van der Waals surface area contributed by atoms with Gasteiger partial charge in [0, 0.05) is 16.6 Å². The smallest absolute Gasteiger partial charge is 0.286 e. The Morgan fingerprint density at radius 1 is 1.54 bits per heavy atom. The molecule has 1 aromatic heterocycles. The molecule has 5 heteroatoms. The molecule has 2 rings (SSSR count). The Bertz CT molecular complexity index is 392. The van der Waals surface area contributed by atoms with Crippen LogP contribution in [0.15, 0.2) is 22.4 Å². The second-order valence-electron chi connectivity index (χ2n) is 2.45. The Hall–Kier alpha value is -1.07. The van der Waals surface area contributed by atoms with Gasteiger partial charge in [-0.2, -0.15) is 4.99 Å². The zero-order valence-electron chi connectivity index (χ0n) is 6.61. The van der Waals surface area contributed by atoms with E-state index >= 15 is 0 Å². The van der Waals surface area contributed by atoms with Gasteiger partial charge < -0.3 is 0 Å². The first kappa shape index (κ1) is 8.52. The van der Waals surface area contributed by atoms with E-state index in [0.29, 0.717) is 5.84 Å². The Balaban J connectivity index is 2.29. The zero-order chi connectivity index (χ0) is 9.26. The topological polar surface area (TPSA) is 57.1 Å². The summed E-state index contributed by atoms with van der Waals surface area (Å²) < 4.78 is 0. The van der Waals surface area contributed by atoms with Gasteiger partial charge in [0.2, 0.25) is 0 Å². The minimum atomic E-state index is -0.111. The summed E-state index contributed by atoms with van der Waals surface area (Å²) >= 11 is 2.74. The van der Waals surface area contributed by atoms with Gasteiger partial charge in [-0.1, -0.05) is 6.07 Å². The van der Waals surface area contributed by atoms with E-state index in [1.807, 2.05) is 23.6 Å². The van der Waals surface area contributed by atoms with Gasteiger partial charge in [0.25, 0.3) is 5.84 Å². The highest BCUT2D eigenvalue weighted by Crippen LogP contribution is 2.22. The number of nitrogens with one attached hydrogen (secondary N) is 1. The van der Waals surface area contributed by atoms with Crippen molar-refractivity contribution >= 4 is 40.2 Å². The lowest BCUT2D eigenvalue weighted by Gasteiger charge is -1.87. The summed E-state index contributed by atoms with van der Waals surface area (Å²) in [5.41, 5.74) is 5.59. The van der Waals surface area contributed by atoms with Gasteiger partial charge in [-0.3, -0.25) is 5.73 Å². The first-order chi connectivity index (χ1) is 6.25. The molecule has 3 N–H and O–H groups in total. The Morgan fingerprint density at radius 2 is 2.38 bits per heavy atom. The molecule has 0 spiro atoms. The van der Waals surface area contributed by atoms with E-state index in [0.717, 1.165) is 21.5 Å². The van der Waals surface area contributed by atoms with E-state index < -0.39 is 0 Å². The summed E-state index contributed by atoms with van der Waals surface area (Å²) in [7, 11) is 0. The maximum Gasteiger partial charge on any atom is 0.372 e. The van der Waals surface area contributed by atoms with Crippen LogP contribution in [0.1, 0.15) is 4.88 Å². The first-order valence-electron chi connectivity index (χ1n) is 3.62. The summed E-state index contributed by atoms with van der Waals surface area (Å²) in [4.78, 5) is 15.3. The predicted octanol–water partition coefficient (Wildman–Crippen LogP) is 0.394. The maximum absolute atomic E-state index is 10.9. The lowest BCUT2D eigenvalue weighted by molar-refractivity contribution is -0.326. The third-order valence-electron chi connectivity index (χ3n) is 1.52. The van der Waals surface area contributed by atoms with Crippen LogP contribution in [0.5, 0.6) is 0 Å². The molecular weight excluding hydrogens is 204 g/mol. The van der Waals surface area contributed by atoms with Crippen molar-refractivity contribution in [3.63, 3.8) is 0 Å². The second kappa shape index (κ2) is 3.35. The molecule has 0 aromatic carbocycles. The van der Waals surface area contributed by atoms with Gasteiger partial charge in [-0.15, -0.1) is 11.3 Å². The molecule has 0 saturated heterocycles. The number of hydrogen-bond acceptors (Lipinski definition) is 4. The fraction of sp³-hybridized carbons (Fsp3) is 0. The zero-order valence-corrected chi connectivity index (χ0v) is 8.24. The molecule has 0 aliphatic carbocycles. The number of thioether (sulfide) groups is 1. The quantitative estimate of drug-likeness (QED) is 0.706. The van der Waals surface area contributed by atoms with Crippen molar-refractivity contribution in [2.45, 2.75) is 0 Å². The number of carbonyl (C=O) groups excluding carboxylic acids is 1. The van der Waals surface area contributed by atoms with Crippen molar-refractivity contribution in [2.24, 2.45) is 5.73 Å². The summed E-state index contributed by atoms with van der Waals surface area (Å²) in [6.07, 6.45) is 1.91. The predicted molar refractivity (Wildman–Crippen MR) is 55.4 cm³/mol. The number of carbonyl (C=O) groups is 1. The molecule has 0 unspecified atom stereocenters. The molecular formula is C8H7N2OS2+. The average molecular weight is 211 g/mol. The molecule has 1 aromatic rings. The largest absolute Gasteiger partial charge is 0.372 e. The first-order valence-corrected chi connectivity index (χ1v) is 5.32. The number of rotatable bonds is 1. The Morgan fingerprint density at radius 3 is 2.92 bits per heavy atom. The SMILES string of the molecule is NC1=[NH+]C(=O)S/C1=C\c1cccs1. The molecule has 0 fully saturated rings. The molecule has 66 valence electrons. The monoisotopic (exact) mass is 211 g/mol. The second-order valence-corrected chi connectivity index (χ2v) is 4.45. The van der Waals surface area contributed by atoms with Crippen LogP contribution in [-0.4, -0.2) is 11.1 Å². The van der Waals surface area contributed by atoms with Gasteiger partial charge >= 0.3 is 5.24 Å². The van der Waals surface area contributed by atoms with E-state index in [2.05, 4.69) is 4.99 Å². The van der Waals surface area contributed by atoms with Crippen LogP contribution >= 0.6 is 23.1 Å². The number of hydrogen-bond donors (Lipinski definition) is 2. The van der Waals surface area contributed by atoms with Crippen molar-refractivity contribution < 1.29 is 9.79 Å². The van der Waals surface area contributed by atoms with Crippen molar-refractivity contribution in [2.75, 3.05) is 0 Å². The van der Waals surface area contributed by atoms with Gasteiger partial charge in [0.05, 0.1) is 0 Å². The van der Waals surface area contributed by atoms with E-state index in [1.54, 1.807) is 11.3 Å². The van der Waals surface area contributed by atoms with E-state index in [4.69, 9.17) is 5.73 Å². The van der Waals surface area contributed by atoms with Crippen LogP contribution < -0.4 is 10.7 Å². The average Bonchev–Trinajstić information content (AvgIpc) is 2.63. The van der Waals surface area contributed by atoms with Crippen LogP contribution in [-0.2, 0) is 0 Å². The minimum Gasteiger partial charge on any atom is -0.286 e. The summed E-state index contributed by atoms with van der Waals surface area (Å²) in [6.45, 7) is 0. The van der Waals surface area contributed by atoms with E-state index in [9.17, 15) is 4.79 Å². The maximum atomic E-state index is 10.9. The van der Waals surface area contributed by atoms with Crippen LogP contribution in [0, 0.1) is 0 Å². The number of nitrogens with two attached hydrogens (primary N) is 1. The molecule has 0 bridgehead atoms. The highest BCUT2D eigenvalue weighted by atomic mass is 32.2. The molecule has 0 saturated carbocycles. The van der Waals surface area contributed by atoms with Gasteiger partial charge in [0.1, 0.15) is 4.91 Å². The highest BCUT2D eigenvalue weighted by molar-refractivity contribution is 8.17. The van der Waals surface area contributed by atoms with Crippen LogP contribution in [0.4, 0.5) is 4.79 Å². The number of amidine groups is 1.